The monoisotopic (exact) mass is 406 g/mol. The van der Waals surface area contributed by atoms with E-state index in [0.717, 1.165) is 16.7 Å². The molecule has 2 rings (SSSR count). The molecule has 0 saturated carbocycles. The smallest absolute Gasteiger partial charge is 0.105 e. The van der Waals surface area contributed by atoms with Crippen molar-refractivity contribution in [3.63, 3.8) is 0 Å². The van der Waals surface area contributed by atoms with E-state index in [1.807, 2.05) is 18.2 Å². The van der Waals surface area contributed by atoms with E-state index in [-0.39, 0.29) is 6.04 Å². The Bertz CT molecular complexity index is 487. The van der Waals surface area contributed by atoms with Crippen molar-refractivity contribution in [2.45, 2.75) is 12.5 Å². The molecule has 1 unspecified atom stereocenters. The zero-order valence-corrected chi connectivity index (χ0v) is 12.7. The van der Waals surface area contributed by atoms with Crippen molar-refractivity contribution < 1.29 is 4.42 Å². The first-order valence-corrected chi connectivity index (χ1v) is 7.01. The number of furan rings is 1. The third kappa shape index (κ3) is 3.31. The minimum Gasteiger partial charge on any atom is -0.469 e. The first kappa shape index (κ1) is 13.1. The van der Waals surface area contributed by atoms with Gasteiger partial charge in [-0.3, -0.25) is 11.3 Å². The highest BCUT2D eigenvalue weighted by Gasteiger charge is 2.15. The highest BCUT2D eigenvalue weighted by atomic mass is 127. The van der Waals surface area contributed by atoms with Crippen LogP contribution in [-0.4, -0.2) is 0 Å². The molecule has 0 saturated heterocycles. The Hall–Kier alpha value is -0.370. The van der Waals surface area contributed by atoms with Crippen LogP contribution in [0, 0.1) is 3.57 Å². The van der Waals surface area contributed by atoms with E-state index in [9.17, 15) is 0 Å². The number of halogens is 2. The number of rotatable bonds is 4. The van der Waals surface area contributed by atoms with Crippen LogP contribution in [0.2, 0.25) is 0 Å². The fraction of sp³-hybridized carbons (Fsp3) is 0.167. The molecule has 0 spiro atoms. The van der Waals surface area contributed by atoms with Crippen LogP contribution in [0.25, 0.3) is 0 Å². The standard InChI is InChI=1S/C12H12BrIN2O/c13-8-3-4-11(14)10(6-8)12(16-15)7-9-2-1-5-17-9/h1-6,12,16H,7,15H2. The molecule has 3 nitrogen and oxygen atoms in total. The molecule has 0 fully saturated rings. The minimum atomic E-state index is 0.0468. The summed E-state index contributed by atoms with van der Waals surface area (Å²) in [5.74, 6) is 6.55. The van der Waals surface area contributed by atoms with E-state index in [0.29, 0.717) is 0 Å². The van der Waals surface area contributed by atoms with Crippen LogP contribution in [0.15, 0.2) is 45.5 Å². The molecule has 2 aromatic rings. The second kappa shape index (κ2) is 5.99. The van der Waals surface area contributed by atoms with Gasteiger partial charge in [0.25, 0.3) is 0 Å². The zero-order chi connectivity index (χ0) is 12.3. The van der Waals surface area contributed by atoms with Gasteiger partial charge in [-0.05, 0) is 58.5 Å². The molecule has 0 aliphatic carbocycles. The van der Waals surface area contributed by atoms with Crippen molar-refractivity contribution in [2.75, 3.05) is 0 Å². The van der Waals surface area contributed by atoms with Crippen molar-refractivity contribution in [3.05, 3.63) is 56.0 Å². The van der Waals surface area contributed by atoms with Gasteiger partial charge in [-0.1, -0.05) is 15.9 Å². The summed E-state index contributed by atoms with van der Waals surface area (Å²) in [5.41, 5.74) is 4.00. The van der Waals surface area contributed by atoms with Crippen LogP contribution in [0.3, 0.4) is 0 Å². The number of nitrogens with two attached hydrogens (primary N) is 1. The molecular weight excluding hydrogens is 395 g/mol. The average Bonchev–Trinajstić information content (AvgIpc) is 2.82. The van der Waals surface area contributed by atoms with Crippen molar-refractivity contribution in [1.29, 1.82) is 0 Å². The molecule has 0 aliphatic heterocycles. The lowest BCUT2D eigenvalue weighted by Gasteiger charge is -2.17. The fourth-order valence-electron chi connectivity index (χ4n) is 1.67. The van der Waals surface area contributed by atoms with Gasteiger partial charge in [-0.15, -0.1) is 0 Å². The van der Waals surface area contributed by atoms with Crippen LogP contribution in [0.5, 0.6) is 0 Å². The van der Waals surface area contributed by atoms with Crippen molar-refractivity contribution in [1.82, 2.24) is 5.43 Å². The van der Waals surface area contributed by atoms with Crippen LogP contribution in [0.1, 0.15) is 17.4 Å². The molecular formula is C12H12BrIN2O. The Labute approximate surface area is 122 Å². The van der Waals surface area contributed by atoms with Crippen molar-refractivity contribution >= 4 is 38.5 Å². The lowest BCUT2D eigenvalue weighted by atomic mass is 10.0. The molecule has 1 aromatic carbocycles. The second-order valence-electron chi connectivity index (χ2n) is 3.67. The number of hydrazine groups is 1. The van der Waals surface area contributed by atoms with E-state index < -0.39 is 0 Å². The van der Waals surface area contributed by atoms with Gasteiger partial charge in [-0.2, -0.15) is 0 Å². The highest BCUT2D eigenvalue weighted by molar-refractivity contribution is 14.1. The summed E-state index contributed by atoms with van der Waals surface area (Å²) >= 11 is 5.79. The van der Waals surface area contributed by atoms with E-state index in [1.54, 1.807) is 6.26 Å². The number of nitrogens with one attached hydrogen (secondary N) is 1. The van der Waals surface area contributed by atoms with Gasteiger partial charge in [-0.25, -0.2) is 0 Å². The number of hydrogen-bond donors (Lipinski definition) is 2. The maximum Gasteiger partial charge on any atom is 0.105 e. The normalized spacial score (nSPS) is 12.6. The van der Waals surface area contributed by atoms with Gasteiger partial charge in [0.2, 0.25) is 0 Å². The quantitative estimate of drug-likeness (QED) is 0.464. The molecule has 1 heterocycles. The van der Waals surface area contributed by atoms with Crippen LogP contribution < -0.4 is 11.3 Å². The van der Waals surface area contributed by atoms with E-state index in [4.69, 9.17) is 10.3 Å². The first-order chi connectivity index (χ1) is 8.20. The fourth-order valence-corrected chi connectivity index (χ4v) is 2.76. The third-order valence-corrected chi connectivity index (χ3v) is 4.00. The van der Waals surface area contributed by atoms with Gasteiger partial charge < -0.3 is 4.42 Å². The van der Waals surface area contributed by atoms with Gasteiger partial charge >= 0.3 is 0 Å². The summed E-state index contributed by atoms with van der Waals surface area (Å²) in [4.78, 5) is 0. The molecule has 1 atom stereocenters. The van der Waals surface area contributed by atoms with Crippen molar-refractivity contribution in [2.24, 2.45) is 5.84 Å². The molecule has 0 bridgehead atoms. The molecule has 90 valence electrons. The molecule has 5 heteroatoms. The van der Waals surface area contributed by atoms with E-state index >= 15 is 0 Å². The Morgan fingerprint density at radius 1 is 1.41 bits per heavy atom. The lowest BCUT2D eigenvalue weighted by molar-refractivity contribution is 0.454. The maximum atomic E-state index is 5.63. The largest absolute Gasteiger partial charge is 0.469 e. The highest BCUT2D eigenvalue weighted by Crippen LogP contribution is 2.26. The Morgan fingerprint density at radius 2 is 2.24 bits per heavy atom. The molecule has 3 N–H and O–H groups in total. The summed E-state index contributed by atoms with van der Waals surface area (Å²) in [7, 11) is 0. The van der Waals surface area contributed by atoms with Gasteiger partial charge in [0.15, 0.2) is 0 Å². The summed E-state index contributed by atoms with van der Waals surface area (Å²) in [6.07, 6.45) is 2.41. The van der Waals surface area contributed by atoms with E-state index in [1.165, 1.54) is 9.13 Å². The average molecular weight is 407 g/mol. The van der Waals surface area contributed by atoms with Crippen LogP contribution in [0.4, 0.5) is 0 Å². The van der Waals surface area contributed by atoms with Gasteiger partial charge in [0, 0.05) is 14.5 Å². The Morgan fingerprint density at radius 3 is 2.88 bits per heavy atom. The van der Waals surface area contributed by atoms with Crippen LogP contribution in [-0.2, 0) is 6.42 Å². The second-order valence-corrected chi connectivity index (χ2v) is 5.75. The number of benzene rings is 1. The SMILES string of the molecule is NNC(Cc1ccco1)c1cc(Br)ccc1I. The molecule has 0 amide bonds. The zero-order valence-electron chi connectivity index (χ0n) is 8.99. The summed E-state index contributed by atoms with van der Waals surface area (Å²) < 4.78 is 7.58. The summed E-state index contributed by atoms with van der Waals surface area (Å²) in [6, 6.07) is 10.0. The summed E-state index contributed by atoms with van der Waals surface area (Å²) in [5, 5.41) is 0. The molecule has 0 aliphatic rings. The minimum absolute atomic E-state index is 0.0468. The Kier molecular flexibility index (Phi) is 4.61. The third-order valence-electron chi connectivity index (χ3n) is 2.52. The topological polar surface area (TPSA) is 51.2 Å². The summed E-state index contributed by atoms with van der Waals surface area (Å²) in [6.45, 7) is 0. The van der Waals surface area contributed by atoms with Gasteiger partial charge in [0.1, 0.15) is 5.76 Å². The first-order valence-electron chi connectivity index (χ1n) is 5.14. The van der Waals surface area contributed by atoms with Gasteiger partial charge in [0.05, 0.1) is 12.3 Å². The Balaban J connectivity index is 2.25. The molecule has 0 radical (unpaired) electrons. The van der Waals surface area contributed by atoms with Crippen LogP contribution >= 0.6 is 38.5 Å². The number of hydrogen-bond acceptors (Lipinski definition) is 3. The molecule has 17 heavy (non-hydrogen) atoms. The predicted molar refractivity (Wildman–Crippen MR) is 79.3 cm³/mol. The molecule has 1 aromatic heterocycles. The lowest BCUT2D eigenvalue weighted by Crippen LogP contribution is -2.30. The predicted octanol–water partition coefficient (Wildman–Crippen LogP) is 3.39. The maximum absolute atomic E-state index is 5.63. The van der Waals surface area contributed by atoms with E-state index in [2.05, 4.69) is 56.1 Å². The van der Waals surface area contributed by atoms with Crippen molar-refractivity contribution in [3.8, 4) is 0 Å².